The molecule has 4 heteroatoms. The molecule has 2 rings (SSSR count). The van der Waals surface area contributed by atoms with Crippen molar-refractivity contribution in [3.63, 3.8) is 0 Å². The second-order valence-electron chi connectivity index (χ2n) is 4.03. The zero-order valence-corrected chi connectivity index (χ0v) is 10.3. The van der Waals surface area contributed by atoms with Gasteiger partial charge in [-0.1, -0.05) is 13.3 Å². The Balaban J connectivity index is 2.06. The average molecular weight is 230 g/mol. The number of aromatic nitrogens is 3. The highest BCUT2D eigenvalue weighted by atomic mass is 15.1. The Kier molecular flexibility index (Phi) is 3.75. The molecule has 0 bridgehead atoms. The lowest BCUT2D eigenvalue weighted by molar-refractivity contribution is 0.833. The lowest BCUT2D eigenvalue weighted by Crippen LogP contribution is -2.03. The van der Waals surface area contributed by atoms with Crippen LogP contribution in [-0.4, -0.2) is 21.1 Å². The molecule has 0 amide bonds. The SMILES string of the molecule is CCCCNc1ccc(-n2ccnc2C)nc1. The first kappa shape index (κ1) is 11.6. The van der Waals surface area contributed by atoms with E-state index in [4.69, 9.17) is 0 Å². The highest BCUT2D eigenvalue weighted by molar-refractivity contribution is 5.43. The Morgan fingerprint density at radius 1 is 1.29 bits per heavy atom. The largest absolute Gasteiger partial charge is 0.384 e. The van der Waals surface area contributed by atoms with Gasteiger partial charge < -0.3 is 5.32 Å². The summed E-state index contributed by atoms with van der Waals surface area (Å²) in [4.78, 5) is 8.60. The van der Waals surface area contributed by atoms with E-state index in [0.29, 0.717) is 0 Å². The van der Waals surface area contributed by atoms with Crippen molar-refractivity contribution in [3.8, 4) is 5.82 Å². The molecule has 2 aromatic rings. The maximum absolute atomic E-state index is 4.42. The minimum Gasteiger partial charge on any atom is -0.384 e. The fraction of sp³-hybridized carbons (Fsp3) is 0.385. The molecular formula is C13H18N4. The first-order valence-corrected chi connectivity index (χ1v) is 6.01. The summed E-state index contributed by atoms with van der Waals surface area (Å²) in [6.45, 7) is 5.15. The molecule has 0 aliphatic rings. The molecule has 4 nitrogen and oxygen atoms in total. The fourth-order valence-corrected chi connectivity index (χ4v) is 1.66. The van der Waals surface area contributed by atoms with Gasteiger partial charge >= 0.3 is 0 Å². The third-order valence-corrected chi connectivity index (χ3v) is 2.68. The summed E-state index contributed by atoms with van der Waals surface area (Å²) >= 11 is 0. The molecule has 2 heterocycles. The molecule has 0 saturated heterocycles. The fourth-order valence-electron chi connectivity index (χ4n) is 1.66. The number of pyridine rings is 1. The number of aryl methyl sites for hydroxylation is 1. The zero-order chi connectivity index (χ0) is 12.1. The lowest BCUT2D eigenvalue weighted by Gasteiger charge is -2.07. The molecule has 0 saturated carbocycles. The minimum atomic E-state index is 0.904. The normalized spacial score (nSPS) is 10.5. The van der Waals surface area contributed by atoms with Gasteiger partial charge in [0.05, 0.1) is 11.9 Å². The molecule has 0 fully saturated rings. The third kappa shape index (κ3) is 2.84. The van der Waals surface area contributed by atoms with E-state index >= 15 is 0 Å². The summed E-state index contributed by atoms with van der Waals surface area (Å²) < 4.78 is 1.97. The van der Waals surface area contributed by atoms with Crippen LogP contribution in [0, 0.1) is 6.92 Å². The Labute approximate surface area is 102 Å². The van der Waals surface area contributed by atoms with E-state index in [2.05, 4.69) is 28.3 Å². The van der Waals surface area contributed by atoms with Crippen molar-refractivity contribution in [2.24, 2.45) is 0 Å². The van der Waals surface area contributed by atoms with Crippen molar-refractivity contribution in [2.75, 3.05) is 11.9 Å². The second kappa shape index (κ2) is 5.48. The van der Waals surface area contributed by atoms with Crippen molar-refractivity contribution in [2.45, 2.75) is 26.7 Å². The summed E-state index contributed by atoms with van der Waals surface area (Å²) in [6.07, 6.45) is 7.95. The van der Waals surface area contributed by atoms with Crippen molar-refractivity contribution in [1.82, 2.24) is 14.5 Å². The number of hydrogen-bond donors (Lipinski definition) is 1. The van der Waals surface area contributed by atoms with Gasteiger partial charge in [0, 0.05) is 18.9 Å². The van der Waals surface area contributed by atoms with Crippen LogP contribution in [-0.2, 0) is 0 Å². The Morgan fingerprint density at radius 3 is 2.76 bits per heavy atom. The van der Waals surface area contributed by atoms with Crippen molar-refractivity contribution in [1.29, 1.82) is 0 Å². The molecule has 0 radical (unpaired) electrons. The van der Waals surface area contributed by atoms with E-state index in [9.17, 15) is 0 Å². The molecule has 90 valence electrons. The summed E-state index contributed by atoms with van der Waals surface area (Å²) in [5, 5.41) is 3.35. The van der Waals surface area contributed by atoms with Gasteiger partial charge in [0.25, 0.3) is 0 Å². The van der Waals surface area contributed by atoms with E-state index in [0.717, 1.165) is 23.9 Å². The number of nitrogens with zero attached hydrogens (tertiary/aromatic N) is 3. The maximum atomic E-state index is 4.42. The molecule has 0 aliphatic heterocycles. The van der Waals surface area contributed by atoms with Crippen molar-refractivity contribution in [3.05, 3.63) is 36.5 Å². The van der Waals surface area contributed by atoms with Crippen LogP contribution in [0.4, 0.5) is 5.69 Å². The number of nitrogens with one attached hydrogen (secondary N) is 1. The summed E-state index contributed by atoms with van der Waals surface area (Å²) in [5.41, 5.74) is 1.07. The molecule has 0 atom stereocenters. The quantitative estimate of drug-likeness (QED) is 0.803. The van der Waals surface area contributed by atoms with Gasteiger partial charge in [0.15, 0.2) is 0 Å². The first-order valence-electron chi connectivity index (χ1n) is 6.01. The Morgan fingerprint density at radius 2 is 2.18 bits per heavy atom. The molecule has 0 unspecified atom stereocenters. The standard InChI is InChI=1S/C13H18N4/c1-3-4-7-15-12-5-6-13(16-10-12)17-9-8-14-11(17)2/h5-6,8-10,15H,3-4,7H2,1-2H3. The van der Waals surface area contributed by atoms with Gasteiger partial charge in [-0.05, 0) is 25.5 Å². The zero-order valence-electron chi connectivity index (χ0n) is 10.3. The number of anilines is 1. The molecule has 0 aromatic carbocycles. The Hall–Kier alpha value is -1.84. The highest BCUT2D eigenvalue weighted by Crippen LogP contribution is 2.11. The average Bonchev–Trinajstić information content (AvgIpc) is 2.77. The number of rotatable bonds is 5. The van der Waals surface area contributed by atoms with E-state index in [1.54, 1.807) is 6.20 Å². The van der Waals surface area contributed by atoms with Crippen LogP contribution in [0.1, 0.15) is 25.6 Å². The maximum Gasteiger partial charge on any atom is 0.138 e. The lowest BCUT2D eigenvalue weighted by atomic mass is 10.3. The van der Waals surface area contributed by atoms with Crippen LogP contribution >= 0.6 is 0 Å². The molecule has 17 heavy (non-hydrogen) atoms. The van der Waals surface area contributed by atoms with Gasteiger partial charge in [-0.15, -0.1) is 0 Å². The molecule has 1 N–H and O–H groups in total. The van der Waals surface area contributed by atoms with E-state index in [1.165, 1.54) is 12.8 Å². The van der Waals surface area contributed by atoms with Crippen LogP contribution in [0.3, 0.4) is 0 Å². The van der Waals surface area contributed by atoms with Gasteiger partial charge in [0.1, 0.15) is 11.6 Å². The van der Waals surface area contributed by atoms with E-state index in [-0.39, 0.29) is 0 Å². The summed E-state index contributed by atoms with van der Waals surface area (Å²) in [7, 11) is 0. The van der Waals surface area contributed by atoms with Gasteiger partial charge in [-0.2, -0.15) is 0 Å². The van der Waals surface area contributed by atoms with Crippen LogP contribution in [0.15, 0.2) is 30.7 Å². The first-order chi connectivity index (χ1) is 8.31. The number of imidazole rings is 1. The van der Waals surface area contributed by atoms with Crippen LogP contribution < -0.4 is 5.32 Å². The highest BCUT2D eigenvalue weighted by Gasteiger charge is 2.01. The molecule has 0 spiro atoms. The minimum absolute atomic E-state index is 0.904. The van der Waals surface area contributed by atoms with Crippen molar-refractivity contribution >= 4 is 5.69 Å². The van der Waals surface area contributed by atoms with Crippen LogP contribution in [0.5, 0.6) is 0 Å². The molecular weight excluding hydrogens is 212 g/mol. The smallest absolute Gasteiger partial charge is 0.138 e. The predicted molar refractivity (Wildman–Crippen MR) is 69.5 cm³/mol. The van der Waals surface area contributed by atoms with E-state index < -0.39 is 0 Å². The van der Waals surface area contributed by atoms with Gasteiger partial charge in [0.2, 0.25) is 0 Å². The monoisotopic (exact) mass is 230 g/mol. The van der Waals surface area contributed by atoms with Crippen molar-refractivity contribution < 1.29 is 0 Å². The molecule has 2 aromatic heterocycles. The summed E-state index contributed by atoms with van der Waals surface area (Å²) in [5.74, 6) is 1.85. The predicted octanol–water partition coefficient (Wildman–Crippen LogP) is 2.79. The van der Waals surface area contributed by atoms with Crippen LogP contribution in [0.2, 0.25) is 0 Å². The third-order valence-electron chi connectivity index (χ3n) is 2.68. The Bertz CT molecular complexity index is 459. The number of unbranched alkanes of at least 4 members (excludes halogenated alkanes) is 1. The van der Waals surface area contributed by atoms with Gasteiger partial charge in [-0.25, -0.2) is 9.97 Å². The molecule has 0 aliphatic carbocycles. The number of hydrogen-bond acceptors (Lipinski definition) is 3. The van der Waals surface area contributed by atoms with E-state index in [1.807, 2.05) is 30.0 Å². The topological polar surface area (TPSA) is 42.7 Å². The second-order valence-corrected chi connectivity index (χ2v) is 4.03. The van der Waals surface area contributed by atoms with Gasteiger partial charge in [-0.3, -0.25) is 4.57 Å². The van der Waals surface area contributed by atoms with Crippen LogP contribution in [0.25, 0.3) is 5.82 Å². The summed E-state index contributed by atoms with van der Waals surface area (Å²) in [6, 6.07) is 4.06.